The number of hydrogen-bond acceptors (Lipinski definition) is 4. The molecule has 0 spiro atoms. The van der Waals surface area contributed by atoms with Crippen molar-refractivity contribution in [3.05, 3.63) is 57.0 Å². The molecule has 0 amide bonds. The van der Waals surface area contributed by atoms with E-state index in [0.29, 0.717) is 10.6 Å². The molecule has 0 N–H and O–H groups in total. The number of hydrogen-bond donors (Lipinski definition) is 0. The van der Waals surface area contributed by atoms with Crippen LogP contribution in [0.1, 0.15) is 5.56 Å². The molecule has 0 aromatic heterocycles. The zero-order valence-corrected chi connectivity index (χ0v) is 16.4. The molecular weight excluding hydrogens is 409 g/mol. The Balaban J connectivity index is 2.68. The van der Waals surface area contributed by atoms with Gasteiger partial charge in [0.25, 0.3) is 10.0 Å². The van der Waals surface area contributed by atoms with E-state index in [9.17, 15) is 13.2 Å². The van der Waals surface area contributed by atoms with E-state index in [1.807, 2.05) is 0 Å². The van der Waals surface area contributed by atoms with Gasteiger partial charge in [0.1, 0.15) is 11.4 Å². The summed E-state index contributed by atoms with van der Waals surface area (Å²) in [6, 6.07) is 8.79. The lowest BCUT2D eigenvalue weighted by Crippen LogP contribution is -2.37. The number of halogens is 3. The van der Waals surface area contributed by atoms with Crippen molar-refractivity contribution < 1.29 is 17.9 Å². The number of carbonyl (C=O) groups excluding carboxylic acids is 1. The molecule has 0 aliphatic carbocycles. The Kier molecular flexibility index (Phi) is 6.21. The van der Waals surface area contributed by atoms with Crippen molar-refractivity contribution in [2.75, 3.05) is 18.0 Å². The molecule has 0 heterocycles. The Labute approximate surface area is 161 Å². The first-order valence-corrected chi connectivity index (χ1v) is 9.55. The van der Waals surface area contributed by atoms with Crippen LogP contribution >= 0.6 is 34.8 Å². The van der Waals surface area contributed by atoms with E-state index in [4.69, 9.17) is 34.8 Å². The number of rotatable bonds is 5. The Hall–Kier alpha value is -1.47. The second-order valence-electron chi connectivity index (χ2n) is 5.09. The van der Waals surface area contributed by atoms with Crippen molar-refractivity contribution in [3.8, 4) is 0 Å². The standard InChI is InChI=1S/C16H14Cl3NO4S/c1-10-3-4-11(17)7-14(10)20(9-16(21)24-2)25(22,23)15-8-12(18)5-6-13(15)19/h3-8H,9H2,1-2H3. The van der Waals surface area contributed by atoms with Gasteiger partial charge in [-0.2, -0.15) is 0 Å². The third-order valence-electron chi connectivity index (χ3n) is 3.40. The highest BCUT2D eigenvalue weighted by atomic mass is 35.5. The molecule has 0 saturated heterocycles. The van der Waals surface area contributed by atoms with Gasteiger partial charge in [0.05, 0.1) is 17.8 Å². The van der Waals surface area contributed by atoms with E-state index in [0.717, 1.165) is 4.31 Å². The summed E-state index contributed by atoms with van der Waals surface area (Å²) in [5, 5.41) is 0.505. The first-order valence-electron chi connectivity index (χ1n) is 6.97. The number of carbonyl (C=O) groups is 1. The molecule has 5 nitrogen and oxygen atoms in total. The van der Waals surface area contributed by atoms with Crippen molar-refractivity contribution in [1.29, 1.82) is 0 Å². The van der Waals surface area contributed by atoms with Crippen LogP contribution in [0, 0.1) is 6.92 Å². The highest BCUT2D eigenvalue weighted by Gasteiger charge is 2.30. The van der Waals surface area contributed by atoms with Crippen LogP contribution in [0.5, 0.6) is 0 Å². The number of methoxy groups -OCH3 is 1. The number of aryl methyl sites for hydroxylation is 1. The first kappa shape index (κ1) is 19.8. The topological polar surface area (TPSA) is 63.7 Å². The Morgan fingerprint density at radius 2 is 1.68 bits per heavy atom. The molecule has 0 aliphatic rings. The van der Waals surface area contributed by atoms with Gasteiger partial charge >= 0.3 is 5.97 Å². The lowest BCUT2D eigenvalue weighted by atomic mass is 10.2. The molecule has 0 radical (unpaired) electrons. The lowest BCUT2D eigenvalue weighted by molar-refractivity contribution is -0.138. The number of esters is 1. The quantitative estimate of drug-likeness (QED) is 0.673. The molecule has 0 aliphatic heterocycles. The van der Waals surface area contributed by atoms with E-state index < -0.39 is 22.5 Å². The summed E-state index contributed by atoms with van der Waals surface area (Å²) in [6.07, 6.45) is 0. The van der Waals surface area contributed by atoms with Crippen LogP contribution in [0.15, 0.2) is 41.3 Å². The Morgan fingerprint density at radius 1 is 1.08 bits per heavy atom. The Bertz CT molecular complexity index is 916. The number of ether oxygens (including phenoxy) is 1. The van der Waals surface area contributed by atoms with E-state index in [1.165, 1.54) is 31.4 Å². The van der Waals surface area contributed by atoms with Crippen molar-refractivity contribution in [2.24, 2.45) is 0 Å². The molecule has 134 valence electrons. The van der Waals surface area contributed by atoms with Crippen molar-refractivity contribution in [2.45, 2.75) is 11.8 Å². The lowest BCUT2D eigenvalue weighted by Gasteiger charge is -2.25. The van der Waals surface area contributed by atoms with Crippen LogP contribution in [0.25, 0.3) is 0 Å². The van der Waals surface area contributed by atoms with Crippen molar-refractivity contribution >= 4 is 56.5 Å². The summed E-state index contributed by atoms with van der Waals surface area (Å²) in [4.78, 5) is 11.6. The average Bonchev–Trinajstić information content (AvgIpc) is 2.56. The predicted octanol–water partition coefficient (Wildman–Crippen LogP) is 4.32. The second kappa shape index (κ2) is 7.83. The van der Waals surface area contributed by atoms with E-state index in [2.05, 4.69) is 4.74 Å². The number of nitrogens with zero attached hydrogens (tertiary/aromatic N) is 1. The summed E-state index contributed by atoms with van der Waals surface area (Å²) in [5.41, 5.74) is 0.851. The van der Waals surface area contributed by atoms with Gasteiger partial charge in [-0.05, 0) is 42.8 Å². The zero-order valence-electron chi connectivity index (χ0n) is 13.3. The van der Waals surface area contributed by atoms with Crippen LogP contribution in [-0.4, -0.2) is 28.0 Å². The highest BCUT2D eigenvalue weighted by molar-refractivity contribution is 7.93. The molecule has 0 saturated carbocycles. The normalized spacial score (nSPS) is 11.2. The molecule has 9 heteroatoms. The van der Waals surface area contributed by atoms with E-state index >= 15 is 0 Å². The first-order chi connectivity index (χ1) is 11.7. The zero-order chi connectivity index (χ0) is 18.8. The summed E-state index contributed by atoms with van der Waals surface area (Å²) in [6.45, 7) is 1.16. The van der Waals surface area contributed by atoms with Crippen molar-refractivity contribution in [3.63, 3.8) is 0 Å². The fourth-order valence-electron chi connectivity index (χ4n) is 2.13. The maximum absolute atomic E-state index is 13.2. The summed E-state index contributed by atoms with van der Waals surface area (Å²) in [7, 11) is -3.02. The second-order valence-corrected chi connectivity index (χ2v) is 8.20. The highest BCUT2D eigenvalue weighted by Crippen LogP contribution is 2.33. The molecule has 2 aromatic carbocycles. The van der Waals surface area contributed by atoms with Gasteiger partial charge in [0.2, 0.25) is 0 Å². The van der Waals surface area contributed by atoms with Gasteiger partial charge in [-0.3, -0.25) is 9.10 Å². The molecule has 2 rings (SSSR count). The van der Waals surface area contributed by atoms with Gasteiger partial charge < -0.3 is 4.74 Å². The van der Waals surface area contributed by atoms with Gasteiger partial charge in [0.15, 0.2) is 0 Å². The van der Waals surface area contributed by atoms with Crippen LogP contribution in [0.4, 0.5) is 5.69 Å². The average molecular weight is 423 g/mol. The van der Waals surface area contributed by atoms with Crippen LogP contribution in [0.3, 0.4) is 0 Å². The molecule has 2 aromatic rings. The van der Waals surface area contributed by atoms with Crippen LogP contribution in [-0.2, 0) is 19.6 Å². The molecule has 0 unspecified atom stereocenters. The van der Waals surface area contributed by atoms with E-state index in [-0.39, 0.29) is 20.6 Å². The van der Waals surface area contributed by atoms with Gasteiger partial charge in [0, 0.05) is 10.0 Å². The van der Waals surface area contributed by atoms with Crippen LogP contribution in [0.2, 0.25) is 15.1 Å². The van der Waals surface area contributed by atoms with Crippen LogP contribution < -0.4 is 4.31 Å². The minimum absolute atomic E-state index is 0.0149. The third-order valence-corrected chi connectivity index (χ3v) is 6.11. The molecule has 0 fully saturated rings. The Morgan fingerprint density at radius 3 is 2.32 bits per heavy atom. The number of benzene rings is 2. The minimum Gasteiger partial charge on any atom is -0.468 e. The molecule has 0 bridgehead atoms. The SMILES string of the molecule is COC(=O)CN(c1cc(Cl)ccc1C)S(=O)(=O)c1cc(Cl)ccc1Cl. The molecule has 25 heavy (non-hydrogen) atoms. The monoisotopic (exact) mass is 421 g/mol. The maximum Gasteiger partial charge on any atom is 0.326 e. The largest absolute Gasteiger partial charge is 0.468 e. The van der Waals surface area contributed by atoms with Crippen molar-refractivity contribution in [1.82, 2.24) is 0 Å². The van der Waals surface area contributed by atoms with E-state index in [1.54, 1.807) is 19.1 Å². The van der Waals surface area contributed by atoms with Gasteiger partial charge in [-0.1, -0.05) is 40.9 Å². The maximum atomic E-state index is 13.2. The molecule has 0 atom stereocenters. The predicted molar refractivity (Wildman–Crippen MR) is 99.2 cm³/mol. The molecular formula is C16H14Cl3NO4S. The summed E-state index contributed by atoms with van der Waals surface area (Å²) in [5.74, 6) is -0.735. The smallest absolute Gasteiger partial charge is 0.326 e. The third kappa shape index (κ3) is 4.39. The summed E-state index contributed by atoms with van der Waals surface area (Å²) >= 11 is 18.0. The fraction of sp³-hybridized carbons (Fsp3) is 0.188. The summed E-state index contributed by atoms with van der Waals surface area (Å²) < 4.78 is 31.8. The van der Waals surface area contributed by atoms with Gasteiger partial charge in [-0.15, -0.1) is 0 Å². The number of sulfonamides is 1. The minimum atomic E-state index is -4.19. The number of anilines is 1. The fourth-order valence-corrected chi connectivity index (χ4v) is 4.50. The van der Waals surface area contributed by atoms with Gasteiger partial charge in [-0.25, -0.2) is 8.42 Å².